The molecule has 0 bridgehead atoms. The van der Waals surface area contributed by atoms with E-state index in [4.69, 9.17) is 4.98 Å². The number of fused-ring (bicyclic) bond motifs is 1. The summed E-state index contributed by atoms with van der Waals surface area (Å²) in [5.41, 5.74) is 1.35. The third kappa shape index (κ3) is 4.84. The van der Waals surface area contributed by atoms with E-state index >= 15 is 0 Å². The Balaban J connectivity index is 1.66. The number of aromatic nitrogens is 2. The van der Waals surface area contributed by atoms with Gasteiger partial charge in [0, 0.05) is 6.54 Å². The van der Waals surface area contributed by atoms with Gasteiger partial charge in [0.2, 0.25) is 5.91 Å². The number of benzene rings is 1. The molecule has 1 aliphatic carbocycles. The van der Waals surface area contributed by atoms with Crippen LogP contribution in [0.2, 0.25) is 0 Å². The molecule has 1 saturated carbocycles. The van der Waals surface area contributed by atoms with Crippen LogP contribution >= 0.6 is 11.8 Å². The number of para-hydroxylation sites is 2. The van der Waals surface area contributed by atoms with Crippen molar-refractivity contribution in [2.45, 2.75) is 69.6 Å². The average molecular weight is 385 g/mol. The first-order valence-corrected chi connectivity index (χ1v) is 10.9. The molecule has 0 aliphatic heterocycles. The van der Waals surface area contributed by atoms with Gasteiger partial charge in [0.1, 0.15) is 5.54 Å². The first-order chi connectivity index (χ1) is 13.1. The highest BCUT2D eigenvalue weighted by Gasteiger charge is 2.42. The number of hydrogen-bond donors (Lipinski definition) is 1. The Hall–Kier alpha value is -2.00. The van der Waals surface area contributed by atoms with Crippen LogP contribution < -0.4 is 5.32 Å². The fourth-order valence-electron chi connectivity index (χ4n) is 3.41. The number of nitrogens with zero attached hydrogens (tertiary/aromatic N) is 3. The summed E-state index contributed by atoms with van der Waals surface area (Å²) in [6.07, 6.45) is 6.81. The number of nitrogens with one attached hydrogen (secondary N) is 1. The summed E-state index contributed by atoms with van der Waals surface area (Å²) in [7, 11) is 0. The third-order valence-corrected chi connectivity index (χ3v) is 6.19. The van der Waals surface area contributed by atoms with E-state index in [-0.39, 0.29) is 11.7 Å². The molecule has 1 unspecified atom stereocenters. The summed E-state index contributed by atoms with van der Waals surface area (Å²) < 4.78 is 2.23. The molecule has 3 rings (SSSR count). The highest BCUT2D eigenvalue weighted by molar-refractivity contribution is 7.99. The molecule has 0 radical (unpaired) electrons. The van der Waals surface area contributed by atoms with Gasteiger partial charge in [0.25, 0.3) is 0 Å². The summed E-state index contributed by atoms with van der Waals surface area (Å²) in [5.74, 6) is 0.475. The number of hydrogen-bond acceptors (Lipinski definition) is 4. The topological polar surface area (TPSA) is 70.7 Å². The van der Waals surface area contributed by atoms with Gasteiger partial charge in [-0.05, 0) is 44.2 Å². The Kier molecular flexibility index (Phi) is 6.43. The van der Waals surface area contributed by atoms with Crippen LogP contribution in [0.25, 0.3) is 11.0 Å². The van der Waals surface area contributed by atoms with Crippen LogP contribution in [0, 0.1) is 17.2 Å². The van der Waals surface area contributed by atoms with E-state index in [0.29, 0.717) is 5.92 Å². The van der Waals surface area contributed by atoms with Crippen molar-refractivity contribution in [1.82, 2.24) is 14.9 Å². The zero-order valence-electron chi connectivity index (χ0n) is 16.2. The van der Waals surface area contributed by atoms with E-state index in [9.17, 15) is 10.1 Å². The second kappa shape index (κ2) is 8.79. The van der Waals surface area contributed by atoms with Crippen LogP contribution in [0.4, 0.5) is 0 Å². The van der Waals surface area contributed by atoms with E-state index in [0.717, 1.165) is 42.0 Å². The number of aryl methyl sites for hydroxylation is 1. The Bertz CT molecular complexity index is 836. The predicted octanol–water partition coefficient (Wildman–Crippen LogP) is 4.52. The minimum absolute atomic E-state index is 0.0967. The molecule has 2 aromatic rings. The molecule has 27 heavy (non-hydrogen) atoms. The summed E-state index contributed by atoms with van der Waals surface area (Å²) in [6.45, 7) is 4.96. The lowest BCUT2D eigenvalue weighted by molar-refractivity contribution is -0.119. The van der Waals surface area contributed by atoms with Crippen LogP contribution in [-0.2, 0) is 11.3 Å². The number of amides is 1. The number of carbonyl (C=O) groups is 1. The first kappa shape index (κ1) is 19.8. The molecule has 1 aromatic heterocycles. The lowest BCUT2D eigenvalue weighted by Crippen LogP contribution is -2.47. The minimum Gasteiger partial charge on any atom is -0.337 e. The van der Waals surface area contributed by atoms with Gasteiger partial charge >= 0.3 is 0 Å². The molecule has 1 aliphatic rings. The number of unbranched alkanes of at least 4 members (excludes halogenated alkanes) is 3. The second-order valence-corrected chi connectivity index (χ2v) is 8.46. The fourth-order valence-corrected chi connectivity index (χ4v) is 4.25. The number of thioether (sulfide) groups is 1. The predicted molar refractivity (Wildman–Crippen MR) is 109 cm³/mol. The zero-order chi connectivity index (χ0) is 19.3. The zero-order valence-corrected chi connectivity index (χ0v) is 17.0. The van der Waals surface area contributed by atoms with E-state index in [1.165, 1.54) is 31.0 Å². The van der Waals surface area contributed by atoms with Crippen molar-refractivity contribution in [2.75, 3.05) is 5.75 Å². The molecule has 1 aromatic carbocycles. The van der Waals surface area contributed by atoms with Gasteiger partial charge < -0.3 is 9.88 Å². The molecule has 1 N–H and O–H groups in total. The maximum Gasteiger partial charge on any atom is 0.231 e. The second-order valence-electron chi connectivity index (χ2n) is 7.52. The molecule has 5 nitrogen and oxygen atoms in total. The molecule has 1 fully saturated rings. The molecular formula is C21H28N4OS. The van der Waals surface area contributed by atoms with Gasteiger partial charge in [-0.1, -0.05) is 50.1 Å². The number of imidazole rings is 1. The standard InChI is InChI=1S/C21H28N4OS/c1-3-4-5-8-13-25-18-10-7-6-9-17(18)23-20(25)27-14-19(26)24-21(2,15-22)16-11-12-16/h6-7,9-10,16H,3-5,8,11-14H2,1-2H3,(H,24,26). The quantitative estimate of drug-likeness (QED) is 0.483. The Labute approximate surface area is 165 Å². The van der Waals surface area contributed by atoms with E-state index in [1.807, 2.05) is 25.1 Å². The number of rotatable bonds is 10. The number of carbonyl (C=O) groups excluding carboxylic acids is 1. The molecule has 1 atom stereocenters. The van der Waals surface area contributed by atoms with Crippen LogP contribution in [0.5, 0.6) is 0 Å². The van der Waals surface area contributed by atoms with E-state index in [1.54, 1.807) is 0 Å². The third-order valence-electron chi connectivity index (χ3n) is 5.21. The maximum atomic E-state index is 12.4. The van der Waals surface area contributed by atoms with Crippen molar-refractivity contribution in [3.8, 4) is 6.07 Å². The minimum atomic E-state index is -0.738. The SMILES string of the molecule is CCCCCCn1c(SCC(=O)NC(C)(C#N)C2CC2)nc2ccccc21. The highest BCUT2D eigenvalue weighted by atomic mass is 32.2. The van der Waals surface area contributed by atoms with Gasteiger partial charge in [-0.25, -0.2) is 4.98 Å². The molecule has 0 saturated heterocycles. The van der Waals surface area contributed by atoms with Gasteiger partial charge in [0.15, 0.2) is 5.16 Å². The summed E-state index contributed by atoms with van der Waals surface area (Å²) in [6, 6.07) is 10.4. The monoisotopic (exact) mass is 384 g/mol. The normalized spacial score (nSPS) is 16.0. The Morgan fingerprint density at radius 3 is 2.85 bits per heavy atom. The largest absolute Gasteiger partial charge is 0.337 e. The van der Waals surface area contributed by atoms with Crippen LogP contribution in [0.1, 0.15) is 52.4 Å². The first-order valence-electron chi connectivity index (χ1n) is 9.87. The summed E-state index contributed by atoms with van der Waals surface area (Å²) >= 11 is 1.46. The smallest absolute Gasteiger partial charge is 0.231 e. The lowest BCUT2D eigenvalue weighted by atomic mass is 9.98. The number of nitriles is 1. The average Bonchev–Trinajstić information content (AvgIpc) is 3.47. The van der Waals surface area contributed by atoms with E-state index < -0.39 is 5.54 Å². The maximum absolute atomic E-state index is 12.4. The van der Waals surface area contributed by atoms with Gasteiger partial charge in [-0.2, -0.15) is 5.26 Å². The van der Waals surface area contributed by atoms with Crippen LogP contribution in [-0.4, -0.2) is 26.8 Å². The van der Waals surface area contributed by atoms with Gasteiger partial charge in [0.05, 0.1) is 22.9 Å². The van der Waals surface area contributed by atoms with Crippen molar-refractivity contribution < 1.29 is 4.79 Å². The van der Waals surface area contributed by atoms with Gasteiger partial charge in [-0.3, -0.25) is 4.79 Å². The molecule has 0 spiro atoms. The van der Waals surface area contributed by atoms with E-state index in [2.05, 4.69) is 28.9 Å². The highest BCUT2D eigenvalue weighted by Crippen LogP contribution is 2.39. The van der Waals surface area contributed by atoms with Crippen molar-refractivity contribution >= 4 is 28.7 Å². The van der Waals surface area contributed by atoms with Crippen LogP contribution in [0.15, 0.2) is 29.4 Å². The van der Waals surface area contributed by atoms with Crippen molar-refractivity contribution in [3.63, 3.8) is 0 Å². The molecular weight excluding hydrogens is 356 g/mol. The molecule has 144 valence electrons. The fraction of sp³-hybridized carbons (Fsp3) is 0.571. The van der Waals surface area contributed by atoms with Crippen molar-refractivity contribution in [3.05, 3.63) is 24.3 Å². The Morgan fingerprint density at radius 1 is 1.37 bits per heavy atom. The molecule has 6 heteroatoms. The van der Waals surface area contributed by atoms with Crippen molar-refractivity contribution in [1.29, 1.82) is 5.26 Å². The Morgan fingerprint density at radius 2 is 2.15 bits per heavy atom. The van der Waals surface area contributed by atoms with Crippen LogP contribution in [0.3, 0.4) is 0 Å². The molecule has 1 amide bonds. The summed E-state index contributed by atoms with van der Waals surface area (Å²) in [5, 5.41) is 13.2. The molecule has 1 heterocycles. The lowest BCUT2D eigenvalue weighted by Gasteiger charge is -2.22. The van der Waals surface area contributed by atoms with Crippen molar-refractivity contribution in [2.24, 2.45) is 5.92 Å². The summed E-state index contributed by atoms with van der Waals surface area (Å²) in [4.78, 5) is 17.2. The van der Waals surface area contributed by atoms with Gasteiger partial charge in [-0.15, -0.1) is 0 Å².